The molecule has 1 aliphatic rings. The van der Waals surface area contributed by atoms with Gasteiger partial charge in [0.1, 0.15) is 0 Å². The minimum Gasteiger partial charge on any atom is -0.261 e. The summed E-state index contributed by atoms with van der Waals surface area (Å²) in [7, 11) is 0. The molecule has 0 N–H and O–H groups in total. The Morgan fingerprint density at radius 1 is 1.23 bits per heavy atom. The SMILES string of the molecule is CC1CCC(c2cnccn2)C1C. The predicted octanol–water partition coefficient (Wildman–Crippen LogP) is 2.63. The van der Waals surface area contributed by atoms with Crippen LogP contribution in [-0.4, -0.2) is 9.97 Å². The molecule has 2 heteroatoms. The van der Waals surface area contributed by atoms with Crippen LogP contribution in [0.3, 0.4) is 0 Å². The third-order valence-electron chi connectivity index (χ3n) is 3.43. The molecule has 0 bridgehead atoms. The lowest BCUT2D eigenvalue weighted by Gasteiger charge is -2.16. The van der Waals surface area contributed by atoms with Crippen molar-refractivity contribution in [3.63, 3.8) is 0 Å². The minimum atomic E-state index is 0.642. The van der Waals surface area contributed by atoms with Crippen molar-refractivity contribution in [1.82, 2.24) is 9.97 Å². The molecule has 3 unspecified atom stereocenters. The Labute approximate surface area is 79.4 Å². The highest BCUT2D eigenvalue weighted by atomic mass is 14.8. The second-order valence-electron chi connectivity index (χ2n) is 4.15. The summed E-state index contributed by atoms with van der Waals surface area (Å²) < 4.78 is 0. The van der Waals surface area contributed by atoms with Crippen molar-refractivity contribution in [2.75, 3.05) is 0 Å². The van der Waals surface area contributed by atoms with Gasteiger partial charge in [0.25, 0.3) is 0 Å². The molecule has 1 saturated carbocycles. The largest absolute Gasteiger partial charge is 0.261 e. The average Bonchev–Trinajstić information content (AvgIpc) is 2.49. The van der Waals surface area contributed by atoms with Gasteiger partial charge in [0, 0.05) is 24.5 Å². The van der Waals surface area contributed by atoms with E-state index in [1.54, 1.807) is 12.4 Å². The van der Waals surface area contributed by atoms with Gasteiger partial charge in [-0.05, 0) is 24.7 Å². The molecular formula is C11H16N2. The molecule has 0 aromatic carbocycles. The maximum atomic E-state index is 4.38. The smallest absolute Gasteiger partial charge is 0.0620 e. The Morgan fingerprint density at radius 3 is 2.62 bits per heavy atom. The second kappa shape index (κ2) is 3.44. The first-order valence-corrected chi connectivity index (χ1v) is 5.05. The molecule has 0 aliphatic heterocycles. The normalized spacial score (nSPS) is 33.5. The lowest BCUT2D eigenvalue weighted by molar-refractivity contribution is 0.418. The molecule has 0 saturated heterocycles. The topological polar surface area (TPSA) is 25.8 Å². The summed E-state index contributed by atoms with van der Waals surface area (Å²) in [6.45, 7) is 4.66. The minimum absolute atomic E-state index is 0.642. The van der Waals surface area contributed by atoms with Crippen LogP contribution in [0.4, 0.5) is 0 Å². The van der Waals surface area contributed by atoms with Gasteiger partial charge < -0.3 is 0 Å². The van der Waals surface area contributed by atoms with Crippen LogP contribution in [0.2, 0.25) is 0 Å². The van der Waals surface area contributed by atoms with Crippen LogP contribution in [-0.2, 0) is 0 Å². The fourth-order valence-electron chi connectivity index (χ4n) is 2.28. The summed E-state index contributed by atoms with van der Waals surface area (Å²) in [6, 6.07) is 0. The monoisotopic (exact) mass is 176 g/mol. The fraction of sp³-hybridized carbons (Fsp3) is 0.636. The van der Waals surface area contributed by atoms with E-state index >= 15 is 0 Å². The first-order valence-electron chi connectivity index (χ1n) is 5.05. The van der Waals surface area contributed by atoms with Gasteiger partial charge in [0.05, 0.1) is 5.69 Å². The van der Waals surface area contributed by atoms with Crippen LogP contribution in [0.1, 0.15) is 38.3 Å². The van der Waals surface area contributed by atoms with Crippen molar-refractivity contribution in [2.45, 2.75) is 32.6 Å². The molecule has 1 fully saturated rings. The quantitative estimate of drug-likeness (QED) is 0.657. The number of nitrogens with zero attached hydrogens (tertiary/aromatic N) is 2. The van der Waals surface area contributed by atoms with Gasteiger partial charge in [-0.25, -0.2) is 0 Å². The summed E-state index contributed by atoms with van der Waals surface area (Å²) in [5, 5.41) is 0. The van der Waals surface area contributed by atoms with Crippen molar-refractivity contribution < 1.29 is 0 Å². The molecule has 1 aromatic heterocycles. The molecule has 2 rings (SSSR count). The van der Waals surface area contributed by atoms with Gasteiger partial charge in [0.2, 0.25) is 0 Å². The summed E-state index contributed by atoms with van der Waals surface area (Å²) in [4.78, 5) is 8.51. The van der Waals surface area contributed by atoms with Crippen molar-refractivity contribution in [3.8, 4) is 0 Å². The van der Waals surface area contributed by atoms with Crippen LogP contribution >= 0.6 is 0 Å². The maximum absolute atomic E-state index is 4.38. The first-order chi connectivity index (χ1) is 6.29. The molecule has 13 heavy (non-hydrogen) atoms. The highest BCUT2D eigenvalue weighted by Crippen LogP contribution is 2.41. The molecule has 70 valence electrons. The van der Waals surface area contributed by atoms with Crippen LogP contribution in [0.25, 0.3) is 0 Å². The number of aromatic nitrogens is 2. The third kappa shape index (κ3) is 1.58. The zero-order valence-corrected chi connectivity index (χ0v) is 8.27. The molecule has 3 atom stereocenters. The molecule has 0 spiro atoms. The van der Waals surface area contributed by atoms with Gasteiger partial charge in [-0.15, -0.1) is 0 Å². The predicted molar refractivity (Wildman–Crippen MR) is 52.3 cm³/mol. The van der Waals surface area contributed by atoms with E-state index in [0.717, 1.165) is 11.8 Å². The van der Waals surface area contributed by atoms with Gasteiger partial charge in [0.15, 0.2) is 0 Å². The zero-order valence-electron chi connectivity index (χ0n) is 8.27. The van der Waals surface area contributed by atoms with Gasteiger partial charge in [-0.2, -0.15) is 0 Å². The first kappa shape index (κ1) is 8.67. The Hall–Kier alpha value is -0.920. The van der Waals surface area contributed by atoms with Crippen LogP contribution < -0.4 is 0 Å². The van der Waals surface area contributed by atoms with Crippen LogP contribution in [0.15, 0.2) is 18.6 Å². The Morgan fingerprint density at radius 2 is 2.08 bits per heavy atom. The number of rotatable bonds is 1. The lowest BCUT2D eigenvalue weighted by atomic mass is 9.90. The van der Waals surface area contributed by atoms with E-state index in [1.165, 1.54) is 18.5 Å². The molecular weight excluding hydrogens is 160 g/mol. The van der Waals surface area contributed by atoms with Crippen LogP contribution in [0, 0.1) is 11.8 Å². The Kier molecular flexibility index (Phi) is 2.30. The zero-order chi connectivity index (χ0) is 9.26. The average molecular weight is 176 g/mol. The van der Waals surface area contributed by atoms with Gasteiger partial charge >= 0.3 is 0 Å². The molecule has 2 nitrogen and oxygen atoms in total. The second-order valence-corrected chi connectivity index (χ2v) is 4.15. The molecule has 1 aliphatic carbocycles. The summed E-state index contributed by atoms with van der Waals surface area (Å²) >= 11 is 0. The van der Waals surface area contributed by atoms with Crippen molar-refractivity contribution >= 4 is 0 Å². The van der Waals surface area contributed by atoms with E-state index in [1.807, 2.05) is 6.20 Å². The van der Waals surface area contributed by atoms with E-state index in [0.29, 0.717) is 5.92 Å². The van der Waals surface area contributed by atoms with Crippen molar-refractivity contribution in [1.29, 1.82) is 0 Å². The molecule has 1 heterocycles. The van der Waals surface area contributed by atoms with Gasteiger partial charge in [-0.1, -0.05) is 13.8 Å². The summed E-state index contributed by atoms with van der Waals surface area (Å²) in [6.07, 6.45) is 8.07. The number of hydrogen-bond acceptors (Lipinski definition) is 2. The molecule has 0 amide bonds. The highest BCUT2D eigenvalue weighted by molar-refractivity contribution is 5.07. The van der Waals surface area contributed by atoms with Gasteiger partial charge in [-0.3, -0.25) is 9.97 Å². The fourth-order valence-corrected chi connectivity index (χ4v) is 2.28. The van der Waals surface area contributed by atoms with E-state index in [9.17, 15) is 0 Å². The van der Waals surface area contributed by atoms with E-state index in [-0.39, 0.29) is 0 Å². The summed E-state index contributed by atoms with van der Waals surface area (Å²) in [5.41, 5.74) is 1.18. The third-order valence-corrected chi connectivity index (χ3v) is 3.43. The van der Waals surface area contributed by atoms with Crippen molar-refractivity contribution in [3.05, 3.63) is 24.3 Å². The maximum Gasteiger partial charge on any atom is 0.0620 e. The lowest BCUT2D eigenvalue weighted by Crippen LogP contribution is -2.08. The highest BCUT2D eigenvalue weighted by Gasteiger charge is 2.31. The molecule has 0 radical (unpaired) electrons. The Balaban J connectivity index is 2.19. The van der Waals surface area contributed by atoms with Crippen LogP contribution in [0.5, 0.6) is 0 Å². The van der Waals surface area contributed by atoms with E-state index < -0.39 is 0 Å². The van der Waals surface area contributed by atoms with E-state index in [2.05, 4.69) is 23.8 Å². The van der Waals surface area contributed by atoms with Crippen molar-refractivity contribution in [2.24, 2.45) is 11.8 Å². The molecule has 1 aromatic rings. The van der Waals surface area contributed by atoms with E-state index in [4.69, 9.17) is 0 Å². The summed E-state index contributed by atoms with van der Waals surface area (Å²) in [5.74, 6) is 2.24. The number of hydrogen-bond donors (Lipinski definition) is 0. The standard InChI is InChI=1S/C11H16N2/c1-8-3-4-10(9(8)2)11-7-12-5-6-13-11/h5-10H,3-4H2,1-2H3. The Bertz CT molecular complexity index is 271.